The number of nitrogens with one attached hydrogen (secondary N) is 1. The zero-order chi connectivity index (χ0) is 24.6. The molecule has 0 radical (unpaired) electrons. The minimum atomic E-state index is -0.00840. The van der Waals surface area contributed by atoms with Crippen LogP contribution in [0.2, 0.25) is 5.02 Å². The van der Waals surface area contributed by atoms with Crippen molar-refractivity contribution in [3.63, 3.8) is 0 Å². The van der Waals surface area contributed by atoms with Crippen LogP contribution >= 0.6 is 22.9 Å². The molecule has 0 spiro atoms. The van der Waals surface area contributed by atoms with Gasteiger partial charge in [-0.15, -0.1) is 11.3 Å². The van der Waals surface area contributed by atoms with E-state index >= 15 is 0 Å². The molecule has 5 aromatic rings. The fourth-order valence-corrected chi connectivity index (χ4v) is 5.49. The summed E-state index contributed by atoms with van der Waals surface area (Å²) in [6.07, 6.45) is 1.81. The lowest BCUT2D eigenvalue weighted by atomic mass is 10.0. The molecule has 1 fully saturated rings. The Kier molecular flexibility index (Phi) is 6.05. The SMILES string of the molecule is CN1CCN(C(=O)c2ccc(-c3ccc4nccc(Nc5ccc6scnc6c5)c4c3)cc2Cl)CC1. The minimum absolute atomic E-state index is 0.00840. The minimum Gasteiger partial charge on any atom is -0.355 e. The monoisotopic (exact) mass is 513 g/mol. The first-order valence-electron chi connectivity index (χ1n) is 11.8. The van der Waals surface area contributed by atoms with Gasteiger partial charge in [0.25, 0.3) is 5.91 Å². The van der Waals surface area contributed by atoms with E-state index in [1.807, 2.05) is 46.8 Å². The largest absolute Gasteiger partial charge is 0.355 e. The van der Waals surface area contributed by atoms with Gasteiger partial charge in [0.15, 0.2) is 0 Å². The van der Waals surface area contributed by atoms with Gasteiger partial charge in [0.05, 0.1) is 31.8 Å². The van der Waals surface area contributed by atoms with E-state index in [-0.39, 0.29) is 5.91 Å². The van der Waals surface area contributed by atoms with Gasteiger partial charge in [0.2, 0.25) is 0 Å². The Labute approximate surface area is 218 Å². The molecule has 0 saturated carbocycles. The fourth-order valence-electron chi connectivity index (χ4n) is 4.57. The molecule has 1 saturated heterocycles. The number of carbonyl (C=O) groups excluding carboxylic acids is 1. The second-order valence-corrected chi connectivity index (χ2v) is 10.3. The zero-order valence-corrected chi connectivity index (χ0v) is 21.3. The normalized spacial score (nSPS) is 14.4. The van der Waals surface area contributed by atoms with E-state index in [0.717, 1.165) is 69.8 Å². The third kappa shape index (κ3) is 4.41. The average Bonchev–Trinajstić information content (AvgIpc) is 3.37. The number of amides is 1. The van der Waals surface area contributed by atoms with Gasteiger partial charge in [-0.05, 0) is 66.7 Å². The lowest BCUT2D eigenvalue weighted by Crippen LogP contribution is -2.47. The second-order valence-electron chi connectivity index (χ2n) is 9.04. The highest BCUT2D eigenvalue weighted by Crippen LogP contribution is 2.33. The van der Waals surface area contributed by atoms with Crippen LogP contribution in [0.15, 0.2) is 72.4 Å². The maximum Gasteiger partial charge on any atom is 0.255 e. The van der Waals surface area contributed by atoms with Crippen LogP contribution in [-0.2, 0) is 0 Å². The highest BCUT2D eigenvalue weighted by molar-refractivity contribution is 7.16. The fraction of sp³-hybridized carbons (Fsp3) is 0.179. The summed E-state index contributed by atoms with van der Waals surface area (Å²) in [6.45, 7) is 3.19. The molecule has 0 bridgehead atoms. The Balaban J connectivity index is 1.30. The smallest absolute Gasteiger partial charge is 0.255 e. The van der Waals surface area contributed by atoms with Crippen molar-refractivity contribution in [2.75, 3.05) is 38.5 Å². The van der Waals surface area contributed by atoms with Gasteiger partial charge in [-0.2, -0.15) is 0 Å². The molecule has 0 aliphatic carbocycles. The van der Waals surface area contributed by atoms with Gasteiger partial charge in [0.1, 0.15) is 0 Å². The molecule has 2 aromatic heterocycles. The summed E-state index contributed by atoms with van der Waals surface area (Å²) >= 11 is 8.26. The molecule has 6 rings (SSSR count). The first kappa shape index (κ1) is 22.9. The predicted molar refractivity (Wildman–Crippen MR) is 148 cm³/mol. The van der Waals surface area contributed by atoms with E-state index in [1.165, 1.54) is 0 Å². The second kappa shape index (κ2) is 9.50. The van der Waals surface area contributed by atoms with Crippen molar-refractivity contribution in [1.29, 1.82) is 0 Å². The number of rotatable bonds is 4. The number of fused-ring (bicyclic) bond motifs is 2. The summed E-state index contributed by atoms with van der Waals surface area (Å²) in [4.78, 5) is 26.1. The van der Waals surface area contributed by atoms with Crippen molar-refractivity contribution in [2.45, 2.75) is 0 Å². The summed E-state index contributed by atoms with van der Waals surface area (Å²) in [6, 6.07) is 20.0. The third-order valence-corrected chi connectivity index (χ3v) is 7.80. The molecule has 1 aliphatic rings. The number of thiazole rings is 1. The molecular formula is C28H24ClN5OS. The molecule has 6 nitrogen and oxygen atoms in total. The summed E-state index contributed by atoms with van der Waals surface area (Å²) < 4.78 is 1.16. The van der Waals surface area contributed by atoms with Crippen molar-refractivity contribution < 1.29 is 4.79 Å². The molecule has 1 amide bonds. The lowest BCUT2D eigenvalue weighted by Gasteiger charge is -2.32. The van der Waals surface area contributed by atoms with Crippen molar-refractivity contribution in [1.82, 2.24) is 19.8 Å². The first-order chi connectivity index (χ1) is 17.5. The van der Waals surface area contributed by atoms with Gasteiger partial charge in [-0.1, -0.05) is 23.7 Å². The summed E-state index contributed by atoms with van der Waals surface area (Å²) in [5.41, 5.74) is 8.18. The molecule has 3 aromatic carbocycles. The Bertz CT molecular complexity index is 1590. The molecule has 3 heterocycles. The Morgan fingerprint density at radius 1 is 0.917 bits per heavy atom. The Morgan fingerprint density at radius 3 is 2.56 bits per heavy atom. The topological polar surface area (TPSA) is 61.4 Å². The lowest BCUT2D eigenvalue weighted by molar-refractivity contribution is 0.0664. The molecule has 180 valence electrons. The molecule has 8 heteroatoms. The van der Waals surface area contributed by atoms with E-state index in [2.05, 4.69) is 51.5 Å². The number of halogens is 1. The number of aromatic nitrogens is 2. The molecular weight excluding hydrogens is 490 g/mol. The Hall–Kier alpha value is -3.52. The van der Waals surface area contributed by atoms with Gasteiger partial charge < -0.3 is 15.1 Å². The van der Waals surface area contributed by atoms with Crippen molar-refractivity contribution in [2.24, 2.45) is 0 Å². The summed E-state index contributed by atoms with van der Waals surface area (Å²) in [5.74, 6) is -0.00840. The number of anilines is 2. The number of piperazine rings is 1. The van der Waals surface area contributed by atoms with Crippen LogP contribution in [-0.4, -0.2) is 58.9 Å². The highest BCUT2D eigenvalue weighted by Gasteiger charge is 2.22. The number of benzene rings is 3. The van der Waals surface area contributed by atoms with E-state index in [9.17, 15) is 4.79 Å². The molecule has 0 unspecified atom stereocenters. The first-order valence-corrected chi connectivity index (χ1v) is 13.1. The number of nitrogens with zero attached hydrogens (tertiary/aromatic N) is 4. The van der Waals surface area contributed by atoms with Crippen LogP contribution in [0, 0.1) is 0 Å². The van der Waals surface area contributed by atoms with Gasteiger partial charge in [0, 0.05) is 49.1 Å². The number of carbonyl (C=O) groups is 1. The molecule has 36 heavy (non-hydrogen) atoms. The number of pyridine rings is 1. The molecule has 1 N–H and O–H groups in total. The third-order valence-electron chi connectivity index (χ3n) is 6.67. The van der Waals surface area contributed by atoms with Crippen LogP contribution in [0.5, 0.6) is 0 Å². The van der Waals surface area contributed by atoms with E-state index < -0.39 is 0 Å². The van der Waals surface area contributed by atoms with Crippen molar-refractivity contribution >= 4 is 61.3 Å². The quantitative estimate of drug-likeness (QED) is 0.306. The van der Waals surface area contributed by atoms with Crippen LogP contribution in [0.3, 0.4) is 0 Å². The van der Waals surface area contributed by atoms with Crippen LogP contribution in [0.1, 0.15) is 10.4 Å². The Morgan fingerprint density at radius 2 is 1.72 bits per heavy atom. The van der Waals surface area contributed by atoms with Gasteiger partial charge in [-0.3, -0.25) is 9.78 Å². The number of likely N-dealkylation sites (N-methyl/N-ethyl adjacent to an activating group) is 1. The van der Waals surface area contributed by atoms with Gasteiger partial charge >= 0.3 is 0 Å². The van der Waals surface area contributed by atoms with Gasteiger partial charge in [-0.25, -0.2) is 4.98 Å². The zero-order valence-electron chi connectivity index (χ0n) is 19.7. The van der Waals surface area contributed by atoms with E-state index in [1.54, 1.807) is 17.5 Å². The van der Waals surface area contributed by atoms with Crippen LogP contribution < -0.4 is 5.32 Å². The number of hydrogen-bond donors (Lipinski definition) is 1. The van der Waals surface area contributed by atoms with Crippen LogP contribution in [0.4, 0.5) is 11.4 Å². The number of hydrogen-bond acceptors (Lipinski definition) is 6. The van der Waals surface area contributed by atoms with E-state index in [0.29, 0.717) is 10.6 Å². The van der Waals surface area contributed by atoms with E-state index in [4.69, 9.17) is 11.6 Å². The maximum atomic E-state index is 13.0. The van der Waals surface area contributed by atoms with Crippen molar-refractivity contribution in [3.05, 3.63) is 83.0 Å². The van der Waals surface area contributed by atoms with Crippen molar-refractivity contribution in [3.8, 4) is 11.1 Å². The molecule has 0 atom stereocenters. The van der Waals surface area contributed by atoms with Crippen LogP contribution in [0.25, 0.3) is 32.2 Å². The summed E-state index contributed by atoms with van der Waals surface area (Å²) in [5, 5.41) is 5.00. The molecule has 1 aliphatic heterocycles. The standard InChI is InChI=1S/C28H24ClN5OS/c1-33-10-12-34(13-11-33)28(35)21-5-2-19(15-23(21)29)18-3-6-24-22(14-18)25(8-9-30-24)32-20-4-7-27-26(16-20)31-17-36-27/h2-9,14-17H,10-13H2,1H3,(H,30,32). The maximum absolute atomic E-state index is 13.0. The summed E-state index contributed by atoms with van der Waals surface area (Å²) in [7, 11) is 2.07. The average molecular weight is 514 g/mol. The predicted octanol–water partition coefficient (Wildman–Crippen LogP) is 6.30. The highest BCUT2D eigenvalue weighted by atomic mass is 35.5.